The van der Waals surface area contributed by atoms with Gasteiger partial charge in [-0.15, -0.1) is 5.10 Å². The van der Waals surface area contributed by atoms with Crippen LogP contribution in [0.2, 0.25) is 0 Å². The Kier molecular flexibility index (Phi) is 5.86. The highest BCUT2D eigenvalue weighted by molar-refractivity contribution is 5.93. The molecule has 154 valence electrons. The third kappa shape index (κ3) is 4.01. The quantitative estimate of drug-likeness (QED) is 0.616. The molecule has 0 unspecified atom stereocenters. The number of para-hydroxylation sites is 1. The smallest absolute Gasteiger partial charge is 0.276 e. The standard InChI is InChI=1S/C20H25N5O4/c26-9-11-29-10-8-21-19(27)18-14-6-7-17(18)24(12-14)20(28)16-13-25(23-22-16)15-4-2-1-3-5-15/h1-5,13-14,17-18,26H,6-12H2,(H,21,27)/t14-,17-,18+/m0/s1. The summed E-state index contributed by atoms with van der Waals surface area (Å²) in [6, 6.07) is 9.40. The van der Waals surface area contributed by atoms with Gasteiger partial charge in [0.05, 0.1) is 37.6 Å². The predicted molar refractivity (Wildman–Crippen MR) is 103 cm³/mol. The van der Waals surface area contributed by atoms with Crippen molar-refractivity contribution in [3.8, 4) is 5.69 Å². The van der Waals surface area contributed by atoms with Gasteiger partial charge in [0.2, 0.25) is 5.91 Å². The lowest BCUT2D eigenvalue weighted by molar-refractivity contribution is -0.126. The van der Waals surface area contributed by atoms with E-state index in [2.05, 4.69) is 15.6 Å². The fraction of sp³-hybridized carbons (Fsp3) is 0.500. The summed E-state index contributed by atoms with van der Waals surface area (Å²) in [6.45, 7) is 1.55. The maximum Gasteiger partial charge on any atom is 0.276 e. The first-order chi connectivity index (χ1) is 14.2. The Hall–Kier alpha value is -2.78. The molecule has 29 heavy (non-hydrogen) atoms. The Balaban J connectivity index is 1.38. The SMILES string of the molecule is O=C(NCCOCCO)[C@@H]1[C@H]2CC[C@@H]1N(C(=O)c1cn(-c3ccccc3)nn1)C2. The summed E-state index contributed by atoms with van der Waals surface area (Å²) in [5.74, 6) is -0.232. The Bertz CT molecular complexity index is 856. The number of piperidine rings is 1. The van der Waals surface area contributed by atoms with Gasteiger partial charge in [-0.25, -0.2) is 4.68 Å². The third-order valence-electron chi connectivity index (χ3n) is 5.67. The maximum atomic E-state index is 13.0. The van der Waals surface area contributed by atoms with Crippen molar-refractivity contribution >= 4 is 11.8 Å². The minimum Gasteiger partial charge on any atom is -0.394 e. The van der Waals surface area contributed by atoms with Crippen LogP contribution in [0.3, 0.4) is 0 Å². The van der Waals surface area contributed by atoms with Crippen LogP contribution in [-0.2, 0) is 9.53 Å². The summed E-state index contributed by atoms with van der Waals surface area (Å²) in [4.78, 5) is 27.4. The van der Waals surface area contributed by atoms with Crippen molar-refractivity contribution < 1.29 is 19.4 Å². The number of ether oxygens (including phenoxy) is 1. The number of aromatic nitrogens is 3. The lowest BCUT2D eigenvalue weighted by Gasteiger charge is -2.26. The number of rotatable bonds is 8. The van der Waals surface area contributed by atoms with Crippen molar-refractivity contribution in [1.29, 1.82) is 0 Å². The highest BCUT2D eigenvalue weighted by Gasteiger charge is 2.52. The van der Waals surface area contributed by atoms with Gasteiger partial charge in [-0.2, -0.15) is 0 Å². The zero-order valence-electron chi connectivity index (χ0n) is 16.1. The first-order valence-corrected chi connectivity index (χ1v) is 9.94. The minimum atomic E-state index is -0.194. The van der Waals surface area contributed by atoms with Gasteiger partial charge in [-0.3, -0.25) is 9.59 Å². The molecule has 2 fully saturated rings. The number of hydrogen-bond acceptors (Lipinski definition) is 6. The van der Waals surface area contributed by atoms with Crippen LogP contribution in [0.5, 0.6) is 0 Å². The number of likely N-dealkylation sites (tertiary alicyclic amines) is 1. The molecule has 2 bridgehead atoms. The number of benzene rings is 1. The second-order valence-corrected chi connectivity index (χ2v) is 7.40. The molecule has 9 nitrogen and oxygen atoms in total. The van der Waals surface area contributed by atoms with E-state index >= 15 is 0 Å². The van der Waals surface area contributed by atoms with E-state index in [-0.39, 0.29) is 48.6 Å². The van der Waals surface area contributed by atoms with Crippen molar-refractivity contribution in [2.24, 2.45) is 11.8 Å². The molecule has 0 radical (unpaired) electrons. The molecular formula is C20H25N5O4. The zero-order chi connectivity index (χ0) is 20.2. The molecule has 1 saturated heterocycles. The van der Waals surface area contributed by atoms with Crippen molar-refractivity contribution in [2.75, 3.05) is 32.9 Å². The molecule has 2 N–H and O–H groups in total. The normalized spacial score (nSPS) is 22.8. The fourth-order valence-electron chi connectivity index (χ4n) is 4.37. The van der Waals surface area contributed by atoms with Gasteiger partial charge in [-0.05, 0) is 30.9 Å². The van der Waals surface area contributed by atoms with Gasteiger partial charge >= 0.3 is 0 Å². The van der Waals surface area contributed by atoms with Crippen LogP contribution in [0, 0.1) is 11.8 Å². The van der Waals surface area contributed by atoms with Gasteiger partial charge in [0.15, 0.2) is 5.69 Å². The summed E-state index contributed by atoms with van der Waals surface area (Å²) >= 11 is 0. The summed E-state index contributed by atoms with van der Waals surface area (Å²) < 4.78 is 6.76. The molecule has 4 rings (SSSR count). The van der Waals surface area contributed by atoms with Crippen LogP contribution in [0.4, 0.5) is 0 Å². The van der Waals surface area contributed by atoms with Crippen molar-refractivity contribution in [3.63, 3.8) is 0 Å². The molecule has 2 amide bonds. The van der Waals surface area contributed by atoms with E-state index in [0.29, 0.717) is 19.7 Å². The number of carbonyl (C=O) groups excluding carboxylic acids is 2. The summed E-state index contributed by atoms with van der Waals surface area (Å²) in [5, 5.41) is 19.7. The van der Waals surface area contributed by atoms with E-state index in [1.54, 1.807) is 15.8 Å². The van der Waals surface area contributed by atoms with E-state index in [4.69, 9.17) is 9.84 Å². The number of aliphatic hydroxyl groups is 1. The van der Waals surface area contributed by atoms with E-state index < -0.39 is 0 Å². The van der Waals surface area contributed by atoms with Crippen molar-refractivity contribution in [2.45, 2.75) is 18.9 Å². The first kappa shape index (κ1) is 19.5. The molecule has 0 spiro atoms. The molecule has 1 saturated carbocycles. The van der Waals surface area contributed by atoms with Gasteiger partial charge in [0.25, 0.3) is 5.91 Å². The third-order valence-corrected chi connectivity index (χ3v) is 5.67. The molecule has 3 atom stereocenters. The van der Waals surface area contributed by atoms with Crippen molar-refractivity contribution in [3.05, 3.63) is 42.2 Å². The zero-order valence-corrected chi connectivity index (χ0v) is 16.1. The summed E-state index contributed by atoms with van der Waals surface area (Å²) in [6.07, 6.45) is 3.41. The highest BCUT2D eigenvalue weighted by atomic mass is 16.5. The van der Waals surface area contributed by atoms with Crippen LogP contribution in [0.25, 0.3) is 5.69 Å². The van der Waals surface area contributed by atoms with E-state index in [1.807, 2.05) is 30.3 Å². The Labute approximate surface area is 168 Å². The average molecular weight is 399 g/mol. The average Bonchev–Trinajstić information content (AvgIpc) is 3.48. The lowest BCUT2D eigenvalue weighted by atomic mass is 9.97. The van der Waals surface area contributed by atoms with Crippen LogP contribution in [0.1, 0.15) is 23.3 Å². The van der Waals surface area contributed by atoms with Gasteiger partial charge in [0.1, 0.15) is 0 Å². The number of amides is 2. The second kappa shape index (κ2) is 8.71. The summed E-state index contributed by atoms with van der Waals surface area (Å²) in [5.41, 5.74) is 1.13. The number of carbonyl (C=O) groups is 2. The van der Waals surface area contributed by atoms with Gasteiger partial charge in [-0.1, -0.05) is 23.4 Å². The monoisotopic (exact) mass is 399 g/mol. The van der Waals surface area contributed by atoms with Crippen molar-refractivity contribution in [1.82, 2.24) is 25.2 Å². The Morgan fingerprint density at radius 1 is 1.21 bits per heavy atom. The minimum absolute atomic E-state index is 0.0339. The number of fused-ring (bicyclic) bond motifs is 2. The number of nitrogens with one attached hydrogen (secondary N) is 1. The molecule has 9 heteroatoms. The molecule has 2 aliphatic rings. The second-order valence-electron chi connectivity index (χ2n) is 7.40. The molecule has 1 aliphatic heterocycles. The van der Waals surface area contributed by atoms with E-state index in [9.17, 15) is 9.59 Å². The number of aliphatic hydroxyl groups excluding tert-OH is 1. The Morgan fingerprint density at radius 3 is 2.83 bits per heavy atom. The molecular weight excluding hydrogens is 374 g/mol. The van der Waals surface area contributed by atoms with Crippen LogP contribution >= 0.6 is 0 Å². The topological polar surface area (TPSA) is 110 Å². The van der Waals surface area contributed by atoms with Crippen LogP contribution in [0.15, 0.2) is 36.5 Å². The largest absolute Gasteiger partial charge is 0.394 e. The highest BCUT2D eigenvalue weighted by Crippen LogP contribution is 2.43. The molecule has 1 aliphatic carbocycles. The fourth-order valence-corrected chi connectivity index (χ4v) is 4.37. The number of nitrogens with zero attached hydrogens (tertiary/aromatic N) is 4. The number of hydrogen-bond donors (Lipinski definition) is 2. The van der Waals surface area contributed by atoms with E-state index in [0.717, 1.165) is 18.5 Å². The first-order valence-electron chi connectivity index (χ1n) is 9.94. The lowest BCUT2D eigenvalue weighted by Crippen LogP contribution is -2.42. The predicted octanol–water partition coefficient (Wildman–Crippen LogP) is 0.243. The Morgan fingerprint density at radius 2 is 2.03 bits per heavy atom. The molecule has 1 aromatic carbocycles. The molecule has 1 aromatic heterocycles. The summed E-state index contributed by atoms with van der Waals surface area (Å²) in [7, 11) is 0. The van der Waals surface area contributed by atoms with Gasteiger partial charge < -0.3 is 20.1 Å². The van der Waals surface area contributed by atoms with Gasteiger partial charge in [0, 0.05) is 19.1 Å². The van der Waals surface area contributed by atoms with Crippen LogP contribution in [-0.4, -0.2) is 75.8 Å². The molecule has 2 aromatic rings. The van der Waals surface area contributed by atoms with Crippen LogP contribution < -0.4 is 5.32 Å². The molecule has 2 heterocycles. The van der Waals surface area contributed by atoms with E-state index in [1.165, 1.54) is 0 Å². The maximum absolute atomic E-state index is 13.0.